The third-order valence-electron chi connectivity index (χ3n) is 3.89. The van der Waals surface area contributed by atoms with Gasteiger partial charge in [0.15, 0.2) is 0 Å². The van der Waals surface area contributed by atoms with Crippen LogP contribution < -0.4 is 14.8 Å². The maximum atomic E-state index is 5.55. The number of ether oxygens (including phenoxy) is 3. The molecule has 1 atom stereocenters. The molecule has 4 heteroatoms. The molecule has 1 aliphatic heterocycles. The van der Waals surface area contributed by atoms with Crippen LogP contribution >= 0.6 is 0 Å². The van der Waals surface area contributed by atoms with Crippen molar-refractivity contribution in [3.8, 4) is 11.5 Å². The summed E-state index contributed by atoms with van der Waals surface area (Å²) in [6.07, 6.45) is 4.78. The van der Waals surface area contributed by atoms with Crippen molar-refractivity contribution in [1.29, 1.82) is 0 Å². The lowest BCUT2D eigenvalue weighted by atomic mass is 9.94. The lowest BCUT2D eigenvalue weighted by molar-refractivity contribution is 0.183. The van der Waals surface area contributed by atoms with Gasteiger partial charge in [-0.1, -0.05) is 6.42 Å². The van der Waals surface area contributed by atoms with Crippen LogP contribution in [0, 0.1) is 0 Å². The molecule has 20 heavy (non-hydrogen) atoms. The van der Waals surface area contributed by atoms with Crippen LogP contribution in [0.25, 0.3) is 0 Å². The van der Waals surface area contributed by atoms with Gasteiger partial charge in [0.05, 0.1) is 20.8 Å². The SMILES string of the molecule is COCc1cc(OC)cc(OC)c1CC1CCCCN1. The molecule has 0 saturated carbocycles. The molecule has 0 bridgehead atoms. The van der Waals surface area contributed by atoms with Gasteiger partial charge < -0.3 is 19.5 Å². The molecule has 0 aliphatic carbocycles. The van der Waals surface area contributed by atoms with Crippen molar-refractivity contribution in [2.24, 2.45) is 0 Å². The Morgan fingerprint density at radius 2 is 2.00 bits per heavy atom. The summed E-state index contributed by atoms with van der Waals surface area (Å²) in [6, 6.07) is 4.53. The van der Waals surface area contributed by atoms with Gasteiger partial charge in [-0.3, -0.25) is 0 Å². The van der Waals surface area contributed by atoms with E-state index in [1.807, 2.05) is 12.1 Å². The highest BCUT2D eigenvalue weighted by Crippen LogP contribution is 2.31. The summed E-state index contributed by atoms with van der Waals surface area (Å²) in [5, 5.41) is 3.59. The minimum Gasteiger partial charge on any atom is -0.497 e. The van der Waals surface area contributed by atoms with Gasteiger partial charge in [-0.15, -0.1) is 0 Å². The molecular formula is C16H25NO3. The lowest BCUT2D eigenvalue weighted by Gasteiger charge is -2.25. The molecule has 0 spiro atoms. The highest BCUT2D eigenvalue weighted by molar-refractivity contribution is 5.47. The van der Waals surface area contributed by atoms with Crippen molar-refractivity contribution in [3.05, 3.63) is 23.3 Å². The van der Waals surface area contributed by atoms with E-state index >= 15 is 0 Å². The number of hydrogen-bond acceptors (Lipinski definition) is 4. The molecule has 112 valence electrons. The standard InChI is InChI=1S/C16H25NO3/c1-18-11-12-8-14(19-2)10-16(20-3)15(12)9-13-6-4-5-7-17-13/h8,10,13,17H,4-7,9,11H2,1-3H3. The Morgan fingerprint density at radius 1 is 1.15 bits per heavy atom. The number of piperidine rings is 1. The van der Waals surface area contributed by atoms with E-state index in [0.717, 1.165) is 30.0 Å². The molecule has 1 N–H and O–H groups in total. The Balaban J connectivity index is 2.26. The van der Waals surface area contributed by atoms with Crippen LogP contribution in [0.3, 0.4) is 0 Å². The second-order valence-corrected chi connectivity index (χ2v) is 5.25. The largest absolute Gasteiger partial charge is 0.497 e. The summed E-state index contributed by atoms with van der Waals surface area (Å²) in [5.41, 5.74) is 2.38. The van der Waals surface area contributed by atoms with Crippen molar-refractivity contribution >= 4 is 0 Å². The van der Waals surface area contributed by atoms with Crippen LogP contribution in [0.15, 0.2) is 12.1 Å². The van der Waals surface area contributed by atoms with Gasteiger partial charge in [-0.05, 0) is 37.4 Å². The average Bonchev–Trinajstić information content (AvgIpc) is 2.50. The summed E-state index contributed by atoms with van der Waals surface area (Å²) >= 11 is 0. The molecular weight excluding hydrogens is 254 g/mol. The Kier molecular flexibility index (Phi) is 5.68. The highest BCUT2D eigenvalue weighted by atomic mass is 16.5. The predicted octanol–water partition coefficient (Wildman–Crippen LogP) is 2.53. The average molecular weight is 279 g/mol. The van der Waals surface area contributed by atoms with Gasteiger partial charge >= 0.3 is 0 Å². The zero-order valence-corrected chi connectivity index (χ0v) is 12.7. The molecule has 1 aromatic rings. The number of hydrogen-bond donors (Lipinski definition) is 1. The van der Waals surface area contributed by atoms with Crippen molar-refractivity contribution in [2.45, 2.75) is 38.3 Å². The first-order chi connectivity index (χ1) is 9.78. The minimum absolute atomic E-state index is 0.529. The highest BCUT2D eigenvalue weighted by Gasteiger charge is 2.19. The summed E-state index contributed by atoms with van der Waals surface area (Å²) in [5.74, 6) is 1.71. The van der Waals surface area contributed by atoms with Gasteiger partial charge in [-0.25, -0.2) is 0 Å². The van der Waals surface area contributed by atoms with Crippen LogP contribution in [0.5, 0.6) is 11.5 Å². The van der Waals surface area contributed by atoms with E-state index in [-0.39, 0.29) is 0 Å². The first-order valence-corrected chi connectivity index (χ1v) is 7.24. The minimum atomic E-state index is 0.529. The third kappa shape index (κ3) is 3.64. The Labute approximate surface area is 121 Å². The van der Waals surface area contributed by atoms with Crippen LogP contribution in [0.1, 0.15) is 30.4 Å². The fraction of sp³-hybridized carbons (Fsp3) is 0.625. The fourth-order valence-corrected chi connectivity index (χ4v) is 2.84. The van der Waals surface area contributed by atoms with E-state index < -0.39 is 0 Å². The Bertz CT molecular complexity index is 428. The van der Waals surface area contributed by atoms with Crippen molar-refractivity contribution in [2.75, 3.05) is 27.9 Å². The molecule has 1 aromatic carbocycles. The first kappa shape index (κ1) is 15.1. The Hall–Kier alpha value is -1.26. The predicted molar refractivity (Wildman–Crippen MR) is 79.6 cm³/mol. The van der Waals surface area contributed by atoms with Crippen LogP contribution in [-0.4, -0.2) is 33.9 Å². The molecule has 4 nitrogen and oxygen atoms in total. The summed E-state index contributed by atoms with van der Waals surface area (Å²) in [6.45, 7) is 1.69. The van der Waals surface area contributed by atoms with Gasteiger partial charge in [0, 0.05) is 24.8 Å². The van der Waals surface area contributed by atoms with Gasteiger partial charge in [0.2, 0.25) is 0 Å². The Morgan fingerprint density at radius 3 is 2.60 bits per heavy atom. The number of benzene rings is 1. The molecule has 1 saturated heterocycles. The van der Waals surface area contributed by atoms with Crippen molar-refractivity contribution in [1.82, 2.24) is 5.32 Å². The third-order valence-corrected chi connectivity index (χ3v) is 3.89. The fourth-order valence-electron chi connectivity index (χ4n) is 2.84. The monoisotopic (exact) mass is 279 g/mol. The number of rotatable bonds is 6. The maximum absolute atomic E-state index is 5.55. The molecule has 1 unspecified atom stereocenters. The van der Waals surface area contributed by atoms with Crippen LogP contribution in [0.4, 0.5) is 0 Å². The van der Waals surface area contributed by atoms with Crippen molar-refractivity contribution in [3.63, 3.8) is 0 Å². The van der Waals surface area contributed by atoms with E-state index in [0.29, 0.717) is 12.6 Å². The van der Waals surface area contributed by atoms with E-state index in [4.69, 9.17) is 14.2 Å². The van der Waals surface area contributed by atoms with E-state index in [1.54, 1.807) is 21.3 Å². The number of methoxy groups -OCH3 is 3. The zero-order chi connectivity index (χ0) is 14.4. The lowest BCUT2D eigenvalue weighted by Crippen LogP contribution is -2.35. The van der Waals surface area contributed by atoms with E-state index in [1.165, 1.54) is 24.8 Å². The summed E-state index contributed by atoms with van der Waals surface area (Å²) in [4.78, 5) is 0. The van der Waals surface area contributed by atoms with Crippen LogP contribution in [-0.2, 0) is 17.8 Å². The van der Waals surface area contributed by atoms with Crippen molar-refractivity contribution < 1.29 is 14.2 Å². The number of nitrogens with one attached hydrogen (secondary N) is 1. The first-order valence-electron chi connectivity index (χ1n) is 7.24. The van der Waals surface area contributed by atoms with Gasteiger partial charge in [-0.2, -0.15) is 0 Å². The molecule has 0 aromatic heterocycles. The molecule has 1 aliphatic rings. The maximum Gasteiger partial charge on any atom is 0.126 e. The normalized spacial score (nSPS) is 18.9. The summed E-state index contributed by atoms with van der Waals surface area (Å²) in [7, 11) is 5.10. The summed E-state index contributed by atoms with van der Waals surface area (Å²) < 4.78 is 16.2. The quantitative estimate of drug-likeness (QED) is 0.868. The van der Waals surface area contributed by atoms with E-state index in [9.17, 15) is 0 Å². The topological polar surface area (TPSA) is 39.7 Å². The van der Waals surface area contributed by atoms with Gasteiger partial charge in [0.1, 0.15) is 11.5 Å². The second kappa shape index (κ2) is 7.50. The van der Waals surface area contributed by atoms with Crippen LogP contribution in [0.2, 0.25) is 0 Å². The molecule has 0 radical (unpaired) electrons. The molecule has 0 amide bonds. The zero-order valence-electron chi connectivity index (χ0n) is 12.7. The molecule has 2 rings (SSSR count). The second-order valence-electron chi connectivity index (χ2n) is 5.25. The molecule has 1 fully saturated rings. The van der Waals surface area contributed by atoms with Gasteiger partial charge in [0.25, 0.3) is 0 Å². The van der Waals surface area contributed by atoms with E-state index in [2.05, 4.69) is 5.32 Å². The smallest absolute Gasteiger partial charge is 0.126 e. The molecule has 1 heterocycles.